The van der Waals surface area contributed by atoms with Gasteiger partial charge < -0.3 is 9.15 Å². The highest BCUT2D eigenvalue weighted by Gasteiger charge is 2.10. The van der Waals surface area contributed by atoms with Crippen LogP contribution in [0.5, 0.6) is 5.75 Å². The molecule has 0 aliphatic rings. The summed E-state index contributed by atoms with van der Waals surface area (Å²) in [4.78, 5) is 4.15. The number of ether oxygens (including phenoxy) is 1. The molecule has 3 aromatic rings. The van der Waals surface area contributed by atoms with Gasteiger partial charge in [-0.2, -0.15) is 5.26 Å². The Morgan fingerprint density at radius 1 is 1.21 bits per heavy atom. The quantitative estimate of drug-likeness (QED) is 0.701. The summed E-state index contributed by atoms with van der Waals surface area (Å²) in [7, 11) is 0. The summed E-state index contributed by atoms with van der Waals surface area (Å²) in [5, 5.41) is 17.8. The van der Waals surface area contributed by atoms with Crippen LogP contribution in [0.25, 0.3) is 0 Å². The zero-order chi connectivity index (χ0) is 16.9. The van der Waals surface area contributed by atoms with Gasteiger partial charge in [-0.25, -0.2) is 4.98 Å². The van der Waals surface area contributed by atoms with Gasteiger partial charge in [-0.1, -0.05) is 12.1 Å². The van der Waals surface area contributed by atoms with Crippen LogP contribution in [-0.2, 0) is 6.61 Å². The van der Waals surface area contributed by atoms with E-state index in [1.807, 2.05) is 38.1 Å². The van der Waals surface area contributed by atoms with Gasteiger partial charge in [0.15, 0.2) is 6.61 Å². The van der Waals surface area contributed by atoms with Crippen molar-refractivity contribution in [2.45, 2.75) is 30.7 Å². The second-order valence-corrected chi connectivity index (χ2v) is 6.09. The maximum atomic E-state index is 8.76. The van der Waals surface area contributed by atoms with Crippen molar-refractivity contribution in [3.8, 4) is 11.8 Å². The summed E-state index contributed by atoms with van der Waals surface area (Å²) in [6, 6.07) is 11.5. The molecule has 3 rings (SSSR count). The van der Waals surface area contributed by atoms with E-state index in [4.69, 9.17) is 14.4 Å². The Labute approximate surface area is 143 Å². The highest BCUT2D eigenvalue weighted by molar-refractivity contribution is 7.99. The fourth-order valence-corrected chi connectivity index (χ4v) is 2.58. The first-order valence-electron chi connectivity index (χ1n) is 7.20. The van der Waals surface area contributed by atoms with Gasteiger partial charge >= 0.3 is 0 Å². The van der Waals surface area contributed by atoms with E-state index in [9.17, 15) is 0 Å². The first-order chi connectivity index (χ1) is 11.6. The standard InChI is InChI=1S/C17H14N4O2S/c1-11-3-4-12(2)14(7-11)22-10-15-20-21-17(23-15)24-16-6-5-13(8-18)9-19-16/h3-7,9H,10H2,1-2H3. The Morgan fingerprint density at radius 2 is 2.08 bits per heavy atom. The molecule has 2 heterocycles. The van der Waals surface area contributed by atoms with Crippen LogP contribution in [0.4, 0.5) is 0 Å². The third-order valence-electron chi connectivity index (χ3n) is 3.20. The van der Waals surface area contributed by atoms with E-state index in [0.717, 1.165) is 16.9 Å². The van der Waals surface area contributed by atoms with Crippen LogP contribution in [0.2, 0.25) is 0 Å². The van der Waals surface area contributed by atoms with E-state index in [1.165, 1.54) is 18.0 Å². The highest BCUT2D eigenvalue weighted by Crippen LogP contribution is 2.25. The van der Waals surface area contributed by atoms with Crippen LogP contribution in [0.1, 0.15) is 22.6 Å². The van der Waals surface area contributed by atoms with Gasteiger partial charge in [0.25, 0.3) is 11.1 Å². The molecular formula is C17H14N4O2S. The average molecular weight is 338 g/mol. The molecule has 0 saturated carbocycles. The number of benzene rings is 1. The summed E-state index contributed by atoms with van der Waals surface area (Å²) >= 11 is 1.24. The molecule has 7 heteroatoms. The number of aromatic nitrogens is 3. The molecule has 2 aromatic heterocycles. The van der Waals surface area contributed by atoms with Crippen LogP contribution >= 0.6 is 11.8 Å². The van der Waals surface area contributed by atoms with Crippen molar-refractivity contribution in [1.82, 2.24) is 15.2 Å². The second kappa shape index (κ2) is 7.15. The molecule has 0 amide bonds. The van der Waals surface area contributed by atoms with Crippen molar-refractivity contribution in [2.24, 2.45) is 0 Å². The molecule has 120 valence electrons. The fourth-order valence-electron chi connectivity index (χ4n) is 1.94. The molecule has 0 aliphatic heterocycles. The maximum absolute atomic E-state index is 8.76. The van der Waals surface area contributed by atoms with Crippen molar-refractivity contribution in [1.29, 1.82) is 5.26 Å². The molecule has 0 unspecified atom stereocenters. The Balaban J connectivity index is 1.63. The van der Waals surface area contributed by atoms with Crippen molar-refractivity contribution in [3.63, 3.8) is 0 Å². The predicted molar refractivity (Wildman–Crippen MR) is 87.6 cm³/mol. The number of nitrogens with zero attached hydrogens (tertiary/aromatic N) is 4. The first kappa shape index (κ1) is 16.0. The number of aryl methyl sites for hydroxylation is 2. The van der Waals surface area contributed by atoms with Crippen molar-refractivity contribution in [3.05, 3.63) is 59.1 Å². The van der Waals surface area contributed by atoms with Crippen LogP contribution < -0.4 is 4.74 Å². The van der Waals surface area contributed by atoms with E-state index < -0.39 is 0 Å². The zero-order valence-corrected chi connectivity index (χ0v) is 14.0. The number of rotatable bonds is 5. The Bertz CT molecular complexity index is 884. The van der Waals surface area contributed by atoms with Gasteiger partial charge in [-0.3, -0.25) is 0 Å². The van der Waals surface area contributed by atoms with Gasteiger partial charge in [-0.15, -0.1) is 10.2 Å². The minimum Gasteiger partial charge on any atom is -0.484 e. The third-order valence-corrected chi connectivity index (χ3v) is 3.99. The third kappa shape index (κ3) is 3.91. The molecule has 0 saturated heterocycles. The van der Waals surface area contributed by atoms with Gasteiger partial charge in [0.1, 0.15) is 16.8 Å². The molecule has 0 spiro atoms. The van der Waals surface area contributed by atoms with Crippen LogP contribution in [-0.4, -0.2) is 15.2 Å². The number of hydrogen-bond donors (Lipinski definition) is 0. The molecule has 1 aromatic carbocycles. The van der Waals surface area contributed by atoms with Crippen molar-refractivity contribution < 1.29 is 9.15 Å². The lowest BCUT2D eigenvalue weighted by Crippen LogP contribution is -1.97. The smallest absolute Gasteiger partial charge is 0.283 e. The molecule has 0 bridgehead atoms. The molecule has 6 nitrogen and oxygen atoms in total. The van der Waals surface area contributed by atoms with Crippen LogP contribution in [0, 0.1) is 25.2 Å². The molecule has 0 aliphatic carbocycles. The van der Waals surface area contributed by atoms with E-state index in [0.29, 0.717) is 21.7 Å². The van der Waals surface area contributed by atoms with Crippen LogP contribution in [0.15, 0.2) is 51.2 Å². The monoisotopic (exact) mass is 338 g/mol. The molecule has 0 N–H and O–H groups in total. The normalized spacial score (nSPS) is 10.4. The SMILES string of the molecule is Cc1ccc(C)c(OCc2nnc(Sc3ccc(C#N)cn3)o2)c1. The Kier molecular flexibility index (Phi) is 4.77. The Morgan fingerprint density at radius 3 is 2.83 bits per heavy atom. The molecule has 0 radical (unpaired) electrons. The molecule has 0 fully saturated rings. The topological polar surface area (TPSA) is 84.8 Å². The lowest BCUT2D eigenvalue weighted by Gasteiger charge is -2.07. The summed E-state index contributed by atoms with van der Waals surface area (Å²) in [6.07, 6.45) is 1.50. The van der Waals surface area contributed by atoms with Crippen molar-refractivity contribution in [2.75, 3.05) is 0 Å². The second-order valence-electron chi connectivity index (χ2n) is 5.12. The summed E-state index contributed by atoms with van der Waals surface area (Å²) in [6.45, 7) is 4.21. The van der Waals surface area contributed by atoms with Crippen molar-refractivity contribution >= 4 is 11.8 Å². The predicted octanol–water partition coefficient (Wildman–Crippen LogP) is 3.68. The van der Waals surface area contributed by atoms with Gasteiger partial charge in [-0.05, 0) is 54.9 Å². The number of nitriles is 1. The minimum atomic E-state index is 0.207. The zero-order valence-electron chi connectivity index (χ0n) is 13.2. The Hall–Kier alpha value is -2.85. The lowest BCUT2D eigenvalue weighted by molar-refractivity contribution is 0.250. The largest absolute Gasteiger partial charge is 0.484 e. The van der Waals surface area contributed by atoms with Gasteiger partial charge in [0.2, 0.25) is 0 Å². The van der Waals surface area contributed by atoms with Gasteiger partial charge in [0.05, 0.1) is 5.56 Å². The summed E-state index contributed by atoms with van der Waals surface area (Å²) < 4.78 is 11.3. The van der Waals surface area contributed by atoms with Gasteiger partial charge in [0, 0.05) is 6.20 Å². The minimum absolute atomic E-state index is 0.207. The van der Waals surface area contributed by atoms with E-state index in [2.05, 4.69) is 15.2 Å². The number of pyridine rings is 1. The van der Waals surface area contributed by atoms with Crippen LogP contribution in [0.3, 0.4) is 0 Å². The highest BCUT2D eigenvalue weighted by atomic mass is 32.2. The lowest BCUT2D eigenvalue weighted by atomic mass is 10.1. The van der Waals surface area contributed by atoms with E-state index >= 15 is 0 Å². The summed E-state index contributed by atoms with van der Waals surface area (Å²) in [5.41, 5.74) is 2.69. The average Bonchev–Trinajstić information content (AvgIpc) is 3.04. The fraction of sp³-hybridized carbons (Fsp3) is 0.176. The van der Waals surface area contributed by atoms with E-state index in [1.54, 1.807) is 12.1 Å². The molecule has 0 atom stereocenters. The summed E-state index contributed by atoms with van der Waals surface area (Å²) in [5.74, 6) is 1.20. The number of hydrogen-bond acceptors (Lipinski definition) is 7. The molecular weight excluding hydrogens is 324 g/mol. The maximum Gasteiger partial charge on any atom is 0.283 e. The molecule has 24 heavy (non-hydrogen) atoms. The van der Waals surface area contributed by atoms with E-state index in [-0.39, 0.29) is 6.61 Å². The first-order valence-corrected chi connectivity index (χ1v) is 8.02.